The summed E-state index contributed by atoms with van der Waals surface area (Å²) in [6.07, 6.45) is 0. The van der Waals surface area contributed by atoms with Crippen LogP contribution < -0.4 is 25.8 Å². The van der Waals surface area contributed by atoms with Crippen molar-refractivity contribution in [3.63, 3.8) is 0 Å². The van der Waals surface area contributed by atoms with Gasteiger partial charge in [0.25, 0.3) is 30.4 Å². The van der Waals surface area contributed by atoms with Crippen molar-refractivity contribution in [2.45, 2.75) is 42.0 Å². The number of anilines is 3. The number of hydrogen-bond donors (Lipinski definition) is 5. The average molecular weight is 749 g/mol. The van der Waals surface area contributed by atoms with Crippen LogP contribution in [0.15, 0.2) is 99.6 Å². The first-order chi connectivity index (χ1) is 23.8. The molecule has 0 unspecified atom stereocenters. The van der Waals surface area contributed by atoms with Gasteiger partial charge in [-0.15, -0.1) is 0 Å². The molecular weight excluding hydrogens is 717 g/mol. The lowest BCUT2D eigenvalue weighted by Crippen LogP contribution is -2.25. The van der Waals surface area contributed by atoms with Crippen molar-refractivity contribution in [2.75, 3.05) is 10.6 Å². The lowest BCUT2D eigenvalue weighted by atomic mass is 9.92. The van der Waals surface area contributed by atoms with Gasteiger partial charge in [-0.1, -0.05) is 61.2 Å². The molecule has 0 saturated heterocycles. The molecule has 0 aliphatic carbocycles. The molecule has 5 N–H and O–H groups in total. The lowest BCUT2D eigenvalue weighted by molar-refractivity contribution is 0.466. The Morgan fingerprint density at radius 3 is 1.90 bits per heavy atom. The maximum absolute atomic E-state index is 13.0. The molecule has 5 aromatic carbocycles. The van der Waals surface area contributed by atoms with Gasteiger partial charge < -0.3 is 15.4 Å². The summed E-state index contributed by atoms with van der Waals surface area (Å²) in [6.45, 7) is 9.85. The summed E-state index contributed by atoms with van der Waals surface area (Å²) < 4.78 is 112. The summed E-state index contributed by atoms with van der Waals surface area (Å²) >= 11 is 0. The predicted molar refractivity (Wildman–Crippen MR) is 193 cm³/mol. The number of benzene rings is 5. The molecule has 1 aliphatic heterocycles. The van der Waals surface area contributed by atoms with E-state index in [2.05, 4.69) is 17.2 Å². The van der Waals surface area contributed by atoms with Crippen molar-refractivity contribution in [1.29, 1.82) is 0 Å². The minimum Gasteiger partial charge on any atom is -0.456 e. The highest BCUT2D eigenvalue weighted by Gasteiger charge is 2.30. The zero-order chi connectivity index (χ0) is 37.0. The zero-order valence-corrected chi connectivity index (χ0v) is 29.9. The number of ether oxygens (including phenoxy) is 1. The van der Waals surface area contributed by atoms with Crippen LogP contribution in [0.3, 0.4) is 0 Å². The molecule has 0 aromatic heterocycles. The van der Waals surface area contributed by atoms with Crippen molar-refractivity contribution in [2.24, 2.45) is 0 Å². The molecule has 1 heterocycles. The molecule has 51 heavy (non-hydrogen) atoms. The summed E-state index contributed by atoms with van der Waals surface area (Å²) in [7, 11) is -14.7. The van der Waals surface area contributed by atoms with Crippen LogP contribution in [0.1, 0.15) is 33.4 Å². The molecule has 5 aromatic rings. The third-order valence-electron chi connectivity index (χ3n) is 8.54. The second-order valence-corrected chi connectivity index (χ2v) is 16.2. The second-order valence-electron chi connectivity index (χ2n) is 12.0. The first kappa shape index (κ1) is 35.8. The number of nitrogens with one attached hydrogen (secondary N) is 2. The van der Waals surface area contributed by atoms with Gasteiger partial charge in [0.15, 0.2) is 0 Å². The molecule has 0 spiro atoms. The number of hydrogen-bond acceptors (Lipinski definition) is 9. The number of rotatable bonds is 9. The van der Waals surface area contributed by atoms with Gasteiger partial charge >= 0.3 is 0 Å². The smallest absolute Gasteiger partial charge is 0.296 e. The van der Waals surface area contributed by atoms with Crippen LogP contribution in [-0.4, -0.2) is 38.9 Å². The number of fused-ring (bicyclic) bond motifs is 2. The fourth-order valence-electron chi connectivity index (χ4n) is 6.30. The van der Waals surface area contributed by atoms with Gasteiger partial charge in [0.05, 0.1) is 5.69 Å². The third kappa shape index (κ3) is 6.99. The Morgan fingerprint density at radius 2 is 1.25 bits per heavy atom. The van der Waals surface area contributed by atoms with Crippen molar-refractivity contribution in [1.82, 2.24) is 0 Å². The quantitative estimate of drug-likeness (QED) is 0.117. The van der Waals surface area contributed by atoms with E-state index in [1.807, 2.05) is 57.2 Å². The van der Waals surface area contributed by atoms with E-state index >= 15 is 0 Å². The maximum Gasteiger partial charge on any atom is 0.296 e. The topological polar surface area (TPSA) is 196 Å². The van der Waals surface area contributed by atoms with Crippen molar-refractivity contribution >= 4 is 59.6 Å². The first-order valence-electron chi connectivity index (χ1n) is 15.3. The van der Waals surface area contributed by atoms with Crippen molar-refractivity contribution in [3.8, 4) is 11.5 Å². The van der Waals surface area contributed by atoms with E-state index in [0.29, 0.717) is 12.2 Å². The Labute approximate surface area is 295 Å². The predicted octanol–water partition coefficient (Wildman–Crippen LogP) is 5.47. The summed E-state index contributed by atoms with van der Waals surface area (Å²) in [5.41, 5.74) is 4.46. The Kier molecular flexibility index (Phi) is 9.08. The van der Waals surface area contributed by atoms with Gasteiger partial charge in [-0.2, -0.15) is 25.3 Å². The van der Waals surface area contributed by atoms with Crippen LogP contribution in [0, 0.1) is 20.8 Å². The highest BCUT2D eigenvalue weighted by atomic mass is 32.2. The van der Waals surface area contributed by atoms with E-state index < -0.39 is 45.0 Å². The SMILES string of the molecule is C=c1cc2c(cc1S(=O)(=O)O)=C(c1ccccc1S(=O)(=O)O)c1cc(S(=O)(=O)O)c(Nc3c(C)cc(C)c(NCc4ccccc4)c3C)cc1O2. The fraction of sp³-hybridized carbons (Fsp3) is 0.111. The molecule has 6 rings (SSSR count). The Balaban J connectivity index is 1.60. The summed E-state index contributed by atoms with van der Waals surface area (Å²) in [6, 6.07) is 21.5. The number of aryl methyl sites for hydroxylation is 2. The standard InChI is InChI=1S/C36H32N2O10S3/c1-20-15-29-26(16-32(20)50(42,43)44)34(25-12-8-9-13-31(25)49(39,40)41)27-17-33(51(45,46)47)28(18-30(27)48-29)38-36-22(3)14-21(2)35(23(36)4)37-19-24-10-6-5-7-11-24/h5-18,37-38H,1,19H2,2-4H3,(H,39,40,41)(H,42,43,44)(H,45,46,47). The summed E-state index contributed by atoms with van der Waals surface area (Å²) in [5.74, 6) is -0.0259. The van der Waals surface area contributed by atoms with E-state index in [0.717, 1.165) is 46.1 Å². The van der Waals surface area contributed by atoms with Gasteiger partial charge in [-0.05, 0) is 72.5 Å². The molecule has 0 amide bonds. The van der Waals surface area contributed by atoms with Crippen molar-refractivity contribution < 1.29 is 43.6 Å². The molecule has 0 fully saturated rings. The second kappa shape index (κ2) is 12.9. The van der Waals surface area contributed by atoms with Gasteiger partial charge in [0.1, 0.15) is 26.2 Å². The van der Waals surface area contributed by atoms with Crippen LogP contribution in [0.4, 0.5) is 17.1 Å². The van der Waals surface area contributed by atoms with Crippen LogP contribution in [-0.2, 0) is 36.9 Å². The molecule has 12 nitrogen and oxygen atoms in total. The normalized spacial score (nSPS) is 12.9. The summed E-state index contributed by atoms with van der Waals surface area (Å²) in [5, 5.41) is 6.39. The minimum absolute atomic E-state index is 0.0126. The highest BCUT2D eigenvalue weighted by molar-refractivity contribution is 7.86. The Morgan fingerprint density at radius 1 is 0.647 bits per heavy atom. The minimum atomic E-state index is -5.00. The molecule has 264 valence electrons. The largest absolute Gasteiger partial charge is 0.456 e. The van der Waals surface area contributed by atoms with Gasteiger partial charge in [0, 0.05) is 45.9 Å². The van der Waals surface area contributed by atoms with Gasteiger partial charge in [-0.3, -0.25) is 13.7 Å². The molecule has 15 heteroatoms. The van der Waals surface area contributed by atoms with Crippen LogP contribution in [0.5, 0.6) is 11.5 Å². The first-order valence-corrected chi connectivity index (χ1v) is 19.6. The van der Waals surface area contributed by atoms with Gasteiger partial charge in [-0.25, -0.2) is 0 Å². The molecule has 0 saturated carbocycles. The molecule has 0 bridgehead atoms. The van der Waals surface area contributed by atoms with Crippen LogP contribution in [0.25, 0.3) is 12.2 Å². The van der Waals surface area contributed by atoms with Gasteiger partial charge in [0.2, 0.25) is 0 Å². The van der Waals surface area contributed by atoms with E-state index in [-0.39, 0.29) is 44.3 Å². The third-order valence-corrected chi connectivity index (χ3v) is 11.3. The van der Waals surface area contributed by atoms with E-state index in [4.69, 9.17) is 4.74 Å². The monoisotopic (exact) mass is 748 g/mol. The Hall–Kier alpha value is -5.03. The van der Waals surface area contributed by atoms with E-state index in [9.17, 15) is 38.9 Å². The Bertz CT molecular complexity index is 2710. The van der Waals surface area contributed by atoms with Crippen LogP contribution in [0.2, 0.25) is 0 Å². The molecule has 1 aliphatic rings. The summed E-state index contributed by atoms with van der Waals surface area (Å²) in [4.78, 5) is -1.81. The van der Waals surface area contributed by atoms with Crippen molar-refractivity contribution in [3.05, 3.63) is 129 Å². The zero-order valence-electron chi connectivity index (χ0n) is 27.4. The fourth-order valence-corrected chi connectivity index (χ4v) is 8.31. The maximum atomic E-state index is 13.0. The van der Waals surface area contributed by atoms with E-state index in [1.165, 1.54) is 30.3 Å². The molecule has 0 radical (unpaired) electrons. The molecule has 0 atom stereocenters. The lowest BCUT2D eigenvalue weighted by Gasteiger charge is -2.25. The van der Waals surface area contributed by atoms with Crippen LogP contribution >= 0.6 is 0 Å². The van der Waals surface area contributed by atoms with E-state index in [1.54, 1.807) is 0 Å². The molecular formula is C36H32N2O10S3. The average Bonchev–Trinajstić information content (AvgIpc) is 3.04. The highest BCUT2D eigenvalue weighted by Crippen LogP contribution is 2.44.